The first-order chi connectivity index (χ1) is 8.99. The highest BCUT2D eigenvalue weighted by Gasteiger charge is 2.09. The van der Waals surface area contributed by atoms with Crippen molar-refractivity contribution in [1.29, 1.82) is 0 Å². The fourth-order valence-electron chi connectivity index (χ4n) is 1.49. The molecule has 0 unspecified atom stereocenters. The Morgan fingerprint density at radius 3 is 2.63 bits per heavy atom. The average molecular weight is 265 g/mol. The van der Waals surface area contributed by atoms with E-state index in [1.165, 1.54) is 0 Å². The highest BCUT2D eigenvalue weighted by molar-refractivity contribution is 5.85. The summed E-state index contributed by atoms with van der Waals surface area (Å²) >= 11 is 0. The number of aliphatic carboxylic acids is 1. The van der Waals surface area contributed by atoms with Crippen LogP contribution in [-0.2, 0) is 16.0 Å². The van der Waals surface area contributed by atoms with Gasteiger partial charge in [0.05, 0.1) is 6.61 Å². The highest BCUT2D eigenvalue weighted by atomic mass is 16.5. The maximum atomic E-state index is 11.6. The van der Waals surface area contributed by atoms with E-state index in [0.29, 0.717) is 18.7 Å². The van der Waals surface area contributed by atoms with E-state index in [-0.39, 0.29) is 12.3 Å². The molecule has 0 aliphatic carbocycles. The molecule has 0 saturated heterocycles. The minimum atomic E-state index is -0.864. The number of hydrogen-bond acceptors (Lipinski definition) is 3. The van der Waals surface area contributed by atoms with Gasteiger partial charge in [0.1, 0.15) is 0 Å². The number of para-hydroxylation sites is 1. The number of carbonyl (C=O) groups is 2. The third-order valence-electron chi connectivity index (χ3n) is 2.41. The van der Waals surface area contributed by atoms with Crippen molar-refractivity contribution >= 4 is 17.7 Å². The third-order valence-corrected chi connectivity index (χ3v) is 2.41. The Labute approximate surface area is 112 Å². The number of rotatable bonds is 6. The van der Waals surface area contributed by atoms with E-state index in [0.717, 1.165) is 5.56 Å². The van der Waals surface area contributed by atoms with Crippen LogP contribution in [0.2, 0.25) is 0 Å². The van der Waals surface area contributed by atoms with Gasteiger partial charge in [-0.15, -0.1) is 0 Å². The van der Waals surface area contributed by atoms with Gasteiger partial charge in [-0.1, -0.05) is 32.0 Å². The zero-order valence-corrected chi connectivity index (χ0v) is 11.2. The molecule has 5 heteroatoms. The predicted molar refractivity (Wildman–Crippen MR) is 72.2 cm³/mol. The van der Waals surface area contributed by atoms with E-state index in [2.05, 4.69) is 5.32 Å². The van der Waals surface area contributed by atoms with Gasteiger partial charge in [-0.3, -0.25) is 10.1 Å². The molecule has 0 aliphatic heterocycles. The van der Waals surface area contributed by atoms with Crippen LogP contribution in [0.4, 0.5) is 10.5 Å². The van der Waals surface area contributed by atoms with Gasteiger partial charge in [0.25, 0.3) is 0 Å². The second-order valence-electron chi connectivity index (χ2n) is 4.67. The summed E-state index contributed by atoms with van der Waals surface area (Å²) in [5.74, 6) is -0.592. The first kappa shape index (κ1) is 15.0. The van der Waals surface area contributed by atoms with E-state index in [9.17, 15) is 9.59 Å². The average Bonchev–Trinajstić information content (AvgIpc) is 2.35. The quantitative estimate of drug-likeness (QED) is 0.829. The standard InChI is InChI=1S/C14H19NO4/c1-10(2)9-19-14(18)15-12-6-4-3-5-11(12)7-8-13(16)17/h3-6,10H,7-9H2,1-2H3,(H,15,18)(H,16,17). The smallest absolute Gasteiger partial charge is 0.411 e. The molecule has 1 amide bonds. The van der Waals surface area contributed by atoms with E-state index in [4.69, 9.17) is 9.84 Å². The summed E-state index contributed by atoms with van der Waals surface area (Å²) in [7, 11) is 0. The summed E-state index contributed by atoms with van der Waals surface area (Å²) in [4.78, 5) is 22.1. The Morgan fingerprint density at radius 1 is 1.32 bits per heavy atom. The van der Waals surface area contributed by atoms with E-state index in [1.54, 1.807) is 18.2 Å². The molecule has 1 aromatic carbocycles. The van der Waals surface area contributed by atoms with E-state index >= 15 is 0 Å². The number of anilines is 1. The molecule has 0 spiro atoms. The number of carbonyl (C=O) groups excluding carboxylic acids is 1. The number of hydrogen-bond donors (Lipinski definition) is 2. The van der Waals surface area contributed by atoms with Crippen molar-refractivity contribution in [1.82, 2.24) is 0 Å². The Morgan fingerprint density at radius 2 is 2.00 bits per heavy atom. The molecule has 104 valence electrons. The van der Waals surface area contributed by atoms with Gasteiger partial charge in [-0.05, 0) is 24.0 Å². The zero-order chi connectivity index (χ0) is 14.3. The van der Waals surface area contributed by atoms with Crippen LogP contribution in [0, 0.1) is 5.92 Å². The predicted octanol–water partition coefficient (Wildman–Crippen LogP) is 2.91. The number of aryl methyl sites for hydroxylation is 1. The fourth-order valence-corrected chi connectivity index (χ4v) is 1.49. The van der Waals surface area contributed by atoms with Gasteiger partial charge in [0, 0.05) is 12.1 Å². The van der Waals surface area contributed by atoms with Gasteiger partial charge in [0.15, 0.2) is 0 Å². The molecule has 0 radical (unpaired) electrons. The molecule has 0 bridgehead atoms. The van der Waals surface area contributed by atoms with Gasteiger partial charge < -0.3 is 9.84 Å². The van der Waals surface area contributed by atoms with Crippen molar-refractivity contribution < 1.29 is 19.4 Å². The maximum Gasteiger partial charge on any atom is 0.411 e. The Balaban J connectivity index is 2.61. The lowest BCUT2D eigenvalue weighted by molar-refractivity contribution is -0.136. The Hall–Kier alpha value is -2.04. The second kappa shape index (κ2) is 7.41. The second-order valence-corrected chi connectivity index (χ2v) is 4.67. The lowest BCUT2D eigenvalue weighted by Gasteiger charge is -2.11. The third kappa shape index (κ3) is 5.90. The molecule has 19 heavy (non-hydrogen) atoms. The number of carboxylic acid groups (broad SMARTS) is 1. The molecule has 2 N–H and O–H groups in total. The molecule has 0 heterocycles. The van der Waals surface area contributed by atoms with Crippen molar-refractivity contribution in [2.24, 2.45) is 5.92 Å². The zero-order valence-electron chi connectivity index (χ0n) is 11.2. The molecule has 0 fully saturated rings. The lowest BCUT2D eigenvalue weighted by atomic mass is 10.1. The van der Waals surface area contributed by atoms with E-state index < -0.39 is 12.1 Å². The number of ether oxygens (including phenoxy) is 1. The monoisotopic (exact) mass is 265 g/mol. The van der Waals surface area contributed by atoms with Crippen LogP contribution in [0.1, 0.15) is 25.8 Å². The first-order valence-electron chi connectivity index (χ1n) is 6.22. The lowest BCUT2D eigenvalue weighted by Crippen LogP contribution is -2.17. The molecule has 0 saturated carbocycles. The molecular formula is C14H19NO4. The van der Waals surface area contributed by atoms with Crippen molar-refractivity contribution in [2.45, 2.75) is 26.7 Å². The molecule has 5 nitrogen and oxygen atoms in total. The van der Waals surface area contributed by atoms with Crippen LogP contribution < -0.4 is 5.32 Å². The highest BCUT2D eigenvalue weighted by Crippen LogP contribution is 2.17. The van der Waals surface area contributed by atoms with Crippen LogP contribution in [0.25, 0.3) is 0 Å². The van der Waals surface area contributed by atoms with Gasteiger partial charge >= 0.3 is 12.1 Å². The van der Waals surface area contributed by atoms with Crippen molar-refractivity contribution in [3.05, 3.63) is 29.8 Å². The van der Waals surface area contributed by atoms with Crippen LogP contribution in [0.3, 0.4) is 0 Å². The SMILES string of the molecule is CC(C)COC(=O)Nc1ccccc1CCC(=O)O. The van der Waals surface area contributed by atoms with Crippen molar-refractivity contribution in [3.8, 4) is 0 Å². The minimum absolute atomic E-state index is 0.0275. The largest absolute Gasteiger partial charge is 0.481 e. The molecular weight excluding hydrogens is 246 g/mol. The number of benzene rings is 1. The van der Waals surface area contributed by atoms with Gasteiger partial charge in [-0.25, -0.2) is 4.79 Å². The van der Waals surface area contributed by atoms with Crippen molar-refractivity contribution in [3.63, 3.8) is 0 Å². The molecule has 0 aromatic heterocycles. The normalized spacial score (nSPS) is 10.3. The number of carboxylic acids is 1. The number of amides is 1. The van der Waals surface area contributed by atoms with Gasteiger partial charge in [0.2, 0.25) is 0 Å². The van der Waals surface area contributed by atoms with Crippen LogP contribution in [0.15, 0.2) is 24.3 Å². The summed E-state index contributed by atoms with van der Waals surface area (Å²) in [5.41, 5.74) is 1.38. The topological polar surface area (TPSA) is 75.6 Å². The first-order valence-corrected chi connectivity index (χ1v) is 6.22. The van der Waals surface area contributed by atoms with Gasteiger partial charge in [-0.2, -0.15) is 0 Å². The fraction of sp³-hybridized carbons (Fsp3) is 0.429. The summed E-state index contributed by atoms with van der Waals surface area (Å²) in [6.07, 6.45) is -0.119. The maximum absolute atomic E-state index is 11.6. The molecule has 1 rings (SSSR count). The van der Waals surface area contributed by atoms with Crippen LogP contribution in [0.5, 0.6) is 0 Å². The van der Waals surface area contributed by atoms with Crippen molar-refractivity contribution in [2.75, 3.05) is 11.9 Å². The molecule has 0 aliphatic rings. The minimum Gasteiger partial charge on any atom is -0.481 e. The summed E-state index contributed by atoms with van der Waals surface area (Å²) < 4.78 is 5.02. The molecule has 0 atom stereocenters. The van der Waals surface area contributed by atoms with Crippen LogP contribution in [-0.4, -0.2) is 23.8 Å². The summed E-state index contributed by atoms with van der Waals surface area (Å²) in [6, 6.07) is 7.11. The Bertz CT molecular complexity index is 443. The number of nitrogens with one attached hydrogen (secondary N) is 1. The Kier molecular flexibility index (Phi) is 5.85. The van der Waals surface area contributed by atoms with E-state index in [1.807, 2.05) is 19.9 Å². The summed E-state index contributed by atoms with van der Waals surface area (Å²) in [5, 5.41) is 11.3. The summed E-state index contributed by atoms with van der Waals surface area (Å²) in [6.45, 7) is 4.26. The molecule has 1 aromatic rings. The van der Waals surface area contributed by atoms with Crippen LogP contribution >= 0.6 is 0 Å².